The van der Waals surface area contributed by atoms with Gasteiger partial charge in [-0.05, 0) is 29.3 Å². The van der Waals surface area contributed by atoms with Gasteiger partial charge in [0.1, 0.15) is 17.9 Å². The second-order valence-corrected chi connectivity index (χ2v) is 7.49. The van der Waals surface area contributed by atoms with Crippen molar-refractivity contribution < 1.29 is 17.9 Å². The summed E-state index contributed by atoms with van der Waals surface area (Å²) in [6, 6.07) is 16.5. The molecule has 0 aliphatic heterocycles. The minimum absolute atomic E-state index is 0.125. The molecule has 2 N–H and O–H groups in total. The van der Waals surface area contributed by atoms with E-state index in [2.05, 4.69) is 25.4 Å². The summed E-state index contributed by atoms with van der Waals surface area (Å²) >= 11 is 0. The van der Waals surface area contributed by atoms with Crippen molar-refractivity contribution >= 4 is 22.5 Å². The van der Waals surface area contributed by atoms with Gasteiger partial charge in [0.2, 0.25) is 0 Å². The maximum Gasteiger partial charge on any atom is 0.433 e. The average molecular weight is 452 g/mol. The first kappa shape index (κ1) is 20.8. The molecule has 0 saturated heterocycles. The lowest BCUT2D eigenvalue weighted by molar-refractivity contribution is -0.141. The van der Waals surface area contributed by atoms with E-state index in [4.69, 9.17) is 4.74 Å². The van der Waals surface area contributed by atoms with Gasteiger partial charge in [-0.25, -0.2) is 4.98 Å². The molecule has 0 saturated carbocycles. The number of para-hydroxylation sites is 1. The summed E-state index contributed by atoms with van der Waals surface area (Å²) in [6.45, 7) is 0.310. The number of halogens is 3. The van der Waals surface area contributed by atoms with Crippen LogP contribution < -0.4 is 10.1 Å². The molecule has 33 heavy (non-hydrogen) atoms. The van der Waals surface area contributed by atoms with E-state index in [9.17, 15) is 13.2 Å². The van der Waals surface area contributed by atoms with E-state index in [0.29, 0.717) is 6.54 Å². The van der Waals surface area contributed by atoms with Gasteiger partial charge in [0, 0.05) is 35.6 Å². The molecule has 168 valence electrons. The van der Waals surface area contributed by atoms with E-state index in [1.54, 1.807) is 7.11 Å². The number of anilines is 1. The molecule has 7 nitrogen and oxygen atoms in total. The van der Waals surface area contributed by atoms with Crippen molar-refractivity contribution in [3.05, 3.63) is 83.9 Å². The Morgan fingerprint density at radius 1 is 1.12 bits per heavy atom. The molecule has 1 unspecified atom stereocenters. The van der Waals surface area contributed by atoms with Crippen LogP contribution in [0.4, 0.5) is 19.0 Å². The minimum atomic E-state index is -4.60. The summed E-state index contributed by atoms with van der Waals surface area (Å²) in [5.74, 6) is 0.578. The fraction of sp³-hybridized carbons (Fsp3) is 0.174. The van der Waals surface area contributed by atoms with Crippen LogP contribution >= 0.6 is 0 Å². The van der Waals surface area contributed by atoms with E-state index in [0.717, 1.165) is 33.8 Å². The van der Waals surface area contributed by atoms with Crippen molar-refractivity contribution in [2.75, 3.05) is 19.0 Å². The monoisotopic (exact) mass is 452 g/mol. The van der Waals surface area contributed by atoms with Gasteiger partial charge in [-0.1, -0.05) is 30.3 Å². The summed E-state index contributed by atoms with van der Waals surface area (Å²) in [5, 5.41) is 8.20. The standard InChI is InChI=1S/C23H19F3N6O/c1-33-15-8-6-14(7-9-15)17(18-12-27-19-5-3-2-4-16(18)19)11-28-21-10-20(23(24,25)26)31-22-29-13-30-32(21)22/h2-10,12-13,17,27-28H,11H2,1H3. The van der Waals surface area contributed by atoms with Gasteiger partial charge in [-0.2, -0.15) is 27.8 Å². The maximum atomic E-state index is 13.4. The first-order valence-electron chi connectivity index (χ1n) is 10.2. The third-order valence-corrected chi connectivity index (χ3v) is 5.54. The molecule has 0 aliphatic carbocycles. The Kier molecular flexibility index (Phi) is 5.12. The topological polar surface area (TPSA) is 80.1 Å². The van der Waals surface area contributed by atoms with E-state index >= 15 is 0 Å². The van der Waals surface area contributed by atoms with Crippen molar-refractivity contribution in [3.8, 4) is 5.75 Å². The number of nitrogens with zero attached hydrogens (tertiary/aromatic N) is 4. The smallest absolute Gasteiger partial charge is 0.433 e. The summed E-state index contributed by atoms with van der Waals surface area (Å²) < 4.78 is 46.6. The van der Waals surface area contributed by atoms with Crippen LogP contribution in [0.2, 0.25) is 0 Å². The van der Waals surface area contributed by atoms with Crippen LogP contribution in [-0.4, -0.2) is 38.2 Å². The van der Waals surface area contributed by atoms with Gasteiger partial charge in [0.25, 0.3) is 5.78 Å². The van der Waals surface area contributed by atoms with Crippen molar-refractivity contribution in [2.24, 2.45) is 0 Å². The molecule has 0 bridgehead atoms. The number of aromatic amines is 1. The zero-order valence-electron chi connectivity index (χ0n) is 17.5. The van der Waals surface area contributed by atoms with Crippen molar-refractivity contribution in [2.45, 2.75) is 12.1 Å². The SMILES string of the molecule is COc1ccc(C(CNc2cc(C(F)(F)F)nc3ncnn23)c2c[nH]c3ccccc23)cc1. The van der Waals surface area contributed by atoms with E-state index in [1.165, 1.54) is 10.8 Å². The average Bonchev–Trinajstić information content (AvgIpc) is 3.46. The molecule has 0 spiro atoms. The zero-order chi connectivity index (χ0) is 23.0. The Labute approximate surface area is 186 Å². The molecule has 0 fully saturated rings. The fourth-order valence-electron chi connectivity index (χ4n) is 3.92. The lowest BCUT2D eigenvalue weighted by atomic mass is 9.91. The third-order valence-electron chi connectivity index (χ3n) is 5.54. The van der Waals surface area contributed by atoms with Crippen LogP contribution in [-0.2, 0) is 6.18 Å². The van der Waals surface area contributed by atoms with Crippen LogP contribution in [0.5, 0.6) is 5.75 Å². The third kappa shape index (κ3) is 3.95. The molecule has 5 aromatic rings. The van der Waals surface area contributed by atoms with Gasteiger partial charge >= 0.3 is 6.18 Å². The van der Waals surface area contributed by atoms with E-state index in [1.807, 2.05) is 54.7 Å². The predicted octanol–water partition coefficient (Wildman–Crippen LogP) is 4.88. The van der Waals surface area contributed by atoms with Gasteiger partial charge in [-0.15, -0.1) is 0 Å². The van der Waals surface area contributed by atoms with Crippen LogP contribution in [0.3, 0.4) is 0 Å². The molecule has 10 heteroatoms. The molecule has 0 amide bonds. The normalized spacial score (nSPS) is 12.8. The van der Waals surface area contributed by atoms with Gasteiger partial charge < -0.3 is 15.0 Å². The lowest BCUT2D eigenvalue weighted by Gasteiger charge is -2.20. The van der Waals surface area contributed by atoms with Crippen LogP contribution in [0.25, 0.3) is 16.7 Å². The Bertz CT molecular complexity index is 1410. The maximum absolute atomic E-state index is 13.4. The van der Waals surface area contributed by atoms with Crippen molar-refractivity contribution in [3.63, 3.8) is 0 Å². The minimum Gasteiger partial charge on any atom is -0.497 e. The number of alkyl halides is 3. The largest absolute Gasteiger partial charge is 0.497 e. The predicted molar refractivity (Wildman–Crippen MR) is 117 cm³/mol. The number of nitrogens with one attached hydrogen (secondary N) is 2. The number of hydrogen-bond acceptors (Lipinski definition) is 5. The molecule has 3 heterocycles. The number of fused-ring (bicyclic) bond motifs is 2. The number of hydrogen-bond donors (Lipinski definition) is 2. The van der Waals surface area contributed by atoms with Crippen LogP contribution in [0.1, 0.15) is 22.7 Å². The molecule has 2 aromatic carbocycles. The highest BCUT2D eigenvalue weighted by Crippen LogP contribution is 2.33. The fourth-order valence-corrected chi connectivity index (χ4v) is 3.92. The quantitative estimate of drug-likeness (QED) is 0.384. The summed E-state index contributed by atoms with van der Waals surface area (Å²) in [6.07, 6.45) is -1.50. The first-order valence-corrected chi connectivity index (χ1v) is 10.2. The van der Waals surface area contributed by atoms with E-state index < -0.39 is 11.9 Å². The molecular formula is C23H19F3N6O. The molecule has 1 atom stereocenters. The molecule has 0 radical (unpaired) electrons. The Morgan fingerprint density at radius 2 is 1.91 bits per heavy atom. The van der Waals surface area contributed by atoms with E-state index in [-0.39, 0.29) is 17.5 Å². The number of ether oxygens (including phenoxy) is 1. The molecule has 3 aromatic heterocycles. The zero-order valence-corrected chi connectivity index (χ0v) is 17.5. The van der Waals surface area contributed by atoms with Crippen molar-refractivity contribution in [1.29, 1.82) is 0 Å². The highest BCUT2D eigenvalue weighted by Gasteiger charge is 2.34. The highest BCUT2D eigenvalue weighted by molar-refractivity contribution is 5.84. The Balaban J connectivity index is 1.55. The Morgan fingerprint density at radius 3 is 2.67 bits per heavy atom. The van der Waals surface area contributed by atoms with Crippen LogP contribution in [0, 0.1) is 0 Å². The summed E-state index contributed by atoms with van der Waals surface area (Å²) in [5.41, 5.74) is 1.95. The second kappa shape index (κ2) is 8.12. The number of H-pyrrole nitrogens is 1. The van der Waals surface area contributed by atoms with Gasteiger partial charge in [0.15, 0.2) is 5.69 Å². The number of methoxy groups -OCH3 is 1. The number of aromatic nitrogens is 5. The van der Waals surface area contributed by atoms with Gasteiger partial charge in [-0.3, -0.25) is 0 Å². The Hall–Kier alpha value is -4.08. The summed E-state index contributed by atoms with van der Waals surface area (Å²) in [4.78, 5) is 10.7. The number of benzene rings is 2. The molecular weight excluding hydrogens is 433 g/mol. The van der Waals surface area contributed by atoms with Crippen molar-refractivity contribution in [1.82, 2.24) is 24.6 Å². The van der Waals surface area contributed by atoms with Gasteiger partial charge in [0.05, 0.1) is 7.11 Å². The molecule has 0 aliphatic rings. The highest BCUT2D eigenvalue weighted by atomic mass is 19.4. The lowest BCUT2D eigenvalue weighted by Crippen LogP contribution is -2.18. The van der Waals surface area contributed by atoms with Crippen LogP contribution in [0.15, 0.2) is 67.1 Å². The number of rotatable bonds is 6. The second-order valence-electron chi connectivity index (χ2n) is 7.49. The first-order chi connectivity index (χ1) is 15.9. The summed E-state index contributed by atoms with van der Waals surface area (Å²) in [7, 11) is 1.60. The molecule has 5 rings (SSSR count).